The Morgan fingerprint density at radius 2 is 2.14 bits per heavy atom. The van der Waals surface area contributed by atoms with Crippen LogP contribution in [0.1, 0.15) is 23.0 Å². The van der Waals surface area contributed by atoms with E-state index in [2.05, 4.69) is 10.3 Å². The molecule has 1 aromatic rings. The SMILES string of the molecule is C[C@@H]1[C@@H](NC(=O)c2cncs2)CCN1C(=O)C1SCCS1. The Bertz CT molecular complexity index is 517. The molecule has 2 aliphatic heterocycles. The molecule has 2 fully saturated rings. The summed E-state index contributed by atoms with van der Waals surface area (Å²) < 4.78 is 0.0448. The second kappa shape index (κ2) is 6.58. The number of nitrogens with zero attached hydrogens (tertiary/aromatic N) is 2. The fourth-order valence-electron chi connectivity index (χ4n) is 2.65. The molecule has 0 aliphatic carbocycles. The Morgan fingerprint density at radius 3 is 2.81 bits per heavy atom. The lowest BCUT2D eigenvalue weighted by Gasteiger charge is -2.27. The van der Waals surface area contributed by atoms with E-state index in [1.165, 1.54) is 11.3 Å². The van der Waals surface area contributed by atoms with Crippen molar-refractivity contribution in [1.29, 1.82) is 0 Å². The van der Waals surface area contributed by atoms with E-state index in [9.17, 15) is 9.59 Å². The topological polar surface area (TPSA) is 62.3 Å². The molecule has 3 heterocycles. The van der Waals surface area contributed by atoms with Crippen molar-refractivity contribution >= 4 is 46.7 Å². The second-order valence-electron chi connectivity index (χ2n) is 5.08. The van der Waals surface area contributed by atoms with Crippen LogP contribution in [-0.2, 0) is 4.79 Å². The van der Waals surface area contributed by atoms with Crippen molar-refractivity contribution in [3.8, 4) is 0 Å². The van der Waals surface area contributed by atoms with E-state index in [1.54, 1.807) is 35.2 Å². The molecule has 2 atom stereocenters. The molecule has 0 saturated carbocycles. The molecule has 0 radical (unpaired) electrons. The summed E-state index contributed by atoms with van der Waals surface area (Å²) in [7, 11) is 0. The molecule has 1 aromatic heterocycles. The zero-order chi connectivity index (χ0) is 14.8. The van der Waals surface area contributed by atoms with E-state index in [-0.39, 0.29) is 28.5 Å². The number of carbonyl (C=O) groups is 2. The first-order valence-corrected chi connectivity index (χ1v) is 9.87. The van der Waals surface area contributed by atoms with Crippen LogP contribution in [0.2, 0.25) is 0 Å². The summed E-state index contributed by atoms with van der Waals surface area (Å²) in [6.07, 6.45) is 2.40. The molecule has 5 nitrogen and oxygen atoms in total. The molecular weight excluding hydrogens is 326 g/mol. The number of thioether (sulfide) groups is 2. The van der Waals surface area contributed by atoms with Gasteiger partial charge in [-0.2, -0.15) is 0 Å². The third-order valence-electron chi connectivity index (χ3n) is 3.83. The Hall–Kier alpha value is -0.730. The Balaban J connectivity index is 1.59. The number of carbonyl (C=O) groups excluding carboxylic acids is 2. The Kier molecular flexibility index (Phi) is 4.75. The number of rotatable bonds is 3. The van der Waals surface area contributed by atoms with E-state index in [0.717, 1.165) is 24.5 Å². The zero-order valence-electron chi connectivity index (χ0n) is 11.7. The minimum Gasteiger partial charge on any atom is -0.346 e. The van der Waals surface area contributed by atoms with Crippen molar-refractivity contribution in [2.24, 2.45) is 0 Å². The summed E-state index contributed by atoms with van der Waals surface area (Å²) in [5, 5.41) is 3.03. The van der Waals surface area contributed by atoms with Gasteiger partial charge in [0.15, 0.2) is 0 Å². The Morgan fingerprint density at radius 1 is 1.38 bits per heavy atom. The lowest BCUT2D eigenvalue weighted by molar-refractivity contribution is -0.129. The summed E-state index contributed by atoms with van der Waals surface area (Å²) in [5.41, 5.74) is 1.65. The number of likely N-dealkylation sites (tertiary alicyclic amines) is 1. The van der Waals surface area contributed by atoms with Crippen LogP contribution in [0.3, 0.4) is 0 Å². The quantitative estimate of drug-likeness (QED) is 0.904. The summed E-state index contributed by atoms with van der Waals surface area (Å²) in [4.78, 5) is 31.0. The van der Waals surface area contributed by atoms with E-state index in [4.69, 9.17) is 0 Å². The number of nitrogens with one attached hydrogen (secondary N) is 1. The van der Waals surface area contributed by atoms with Gasteiger partial charge in [-0.15, -0.1) is 34.9 Å². The van der Waals surface area contributed by atoms with Crippen LogP contribution in [0.15, 0.2) is 11.7 Å². The molecule has 2 saturated heterocycles. The third-order valence-corrected chi connectivity index (χ3v) is 7.57. The number of aromatic nitrogens is 1. The fraction of sp³-hybridized carbons (Fsp3) is 0.615. The maximum atomic E-state index is 12.5. The minimum atomic E-state index is -0.0896. The molecule has 2 aliphatic rings. The van der Waals surface area contributed by atoms with Crippen molar-refractivity contribution in [2.75, 3.05) is 18.1 Å². The van der Waals surface area contributed by atoms with Gasteiger partial charge in [0.25, 0.3) is 5.91 Å². The van der Waals surface area contributed by atoms with Gasteiger partial charge in [0.2, 0.25) is 5.91 Å². The van der Waals surface area contributed by atoms with Gasteiger partial charge >= 0.3 is 0 Å². The summed E-state index contributed by atoms with van der Waals surface area (Å²) in [6, 6.07) is 0.0797. The van der Waals surface area contributed by atoms with Crippen LogP contribution in [0.5, 0.6) is 0 Å². The van der Waals surface area contributed by atoms with Crippen molar-refractivity contribution in [3.05, 3.63) is 16.6 Å². The van der Waals surface area contributed by atoms with Gasteiger partial charge in [-0.1, -0.05) is 0 Å². The zero-order valence-corrected chi connectivity index (χ0v) is 14.1. The van der Waals surface area contributed by atoms with Crippen LogP contribution in [0.25, 0.3) is 0 Å². The molecule has 21 heavy (non-hydrogen) atoms. The number of thiazole rings is 1. The lowest BCUT2D eigenvalue weighted by Crippen LogP contribution is -2.46. The highest BCUT2D eigenvalue weighted by Crippen LogP contribution is 2.35. The van der Waals surface area contributed by atoms with Crippen molar-refractivity contribution in [3.63, 3.8) is 0 Å². The van der Waals surface area contributed by atoms with Gasteiger partial charge in [0.1, 0.15) is 9.46 Å². The molecular formula is C13H17N3O2S3. The maximum absolute atomic E-state index is 12.5. The monoisotopic (exact) mass is 343 g/mol. The molecule has 0 unspecified atom stereocenters. The van der Waals surface area contributed by atoms with Crippen LogP contribution in [-0.4, -0.2) is 56.4 Å². The molecule has 2 amide bonds. The standard InChI is InChI=1S/C13H17N3O2S3/c1-8-9(15-11(17)10-6-14-7-21-10)2-3-16(8)12(18)13-19-4-5-20-13/h6-9,13H,2-5H2,1H3,(H,15,17)/t8-,9+/m1/s1. The second-order valence-corrected chi connectivity index (χ2v) is 8.69. The first kappa shape index (κ1) is 15.2. The van der Waals surface area contributed by atoms with Gasteiger partial charge in [-0.3, -0.25) is 14.6 Å². The first-order chi connectivity index (χ1) is 10.2. The summed E-state index contributed by atoms with van der Waals surface area (Å²) >= 11 is 4.79. The van der Waals surface area contributed by atoms with Gasteiger partial charge in [0.05, 0.1) is 17.7 Å². The average Bonchev–Trinajstić information content (AvgIpc) is 3.21. The number of hydrogen-bond acceptors (Lipinski definition) is 6. The first-order valence-electron chi connectivity index (χ1n) is 6.90. The van der Waals surface area contributed by atoms with Gasteiger partial charge < -0.3 is 10.2 Å². The van der Waals surface area contributed by atoms with Gasteiger partial charge in [-0.25, -0.2) is 0 Å². The van der Waals surface area contributed by atoms with Crippen molar-refractivity contribution in [1.82, 2.24) is 15.2 Å². The average molecular weight is 343 g/mol. The highest BCUT2D eigenvalue weighted by molar-refractivity contribution is 8.21. The maximum Gasteiger partial charge on any atom is 0.263 e. The highest BCUT2D eigenvalue weighted by Gasteiger charge is 2.38. The predicted octanol–water partition coefficient (Wildman–Crippen LogP) is 1.67. The summed E-state index contributed by atoms with van der Waals surface area (Å²) in [6.45, 7) is 2.75. The number of hydrogen-bond donors (Lipinski definition) is 1. The molecule has 8 heteroatoms. The lowest BCUT2D eigenvalue weighted by atomic mass is 10.1. The molecule has 3 rings (SSSR count). The van der Waals surface area contributed by atoms with E-state index >= 15 is 0 Å². The normalized spacial score (nSPS) is 26.2. The van der Waals surface area contributed by atoms with Crippen LogP contribution in [0.4, 0.5) is 0 Å². The molecule has 0 bridgehead atoms. The largest absolute Gasteiger partial charge is 0.346 e. The van der Waals surface area contributed by atoms with E-state index in [1.807, 2.05) is 11.8 Å². The van der Waals surface area contributed by atoms with E-state index < -0.39 is 0 Å². The highest BCUT2D eigenvalue weighted by atomic mass is 32.2. The fourth-order valence-corrected chi connectivity index (χ4v) is 5.89. The van der Waals surface area contributed by atoms with Crippen LogP contribution >= 0.6 is 34.9 Å². The smallest absolute Gasteiger partial charge is 0.263 e. The summed E-state index contributed by atoms with van der Waals surface area (Å²) in [5.74, 6) is 2.22. The van der Waals surface area contributed by atoms with Crippen LogP contribution in [0, 0.1) is 0 Å². The van der Waals surface area contributed by atoms with Crippen molar-refractivity contribution < 1.29 is 9.59 Å². The minimum absolute atomic E-state index is 0.0277. The Labute approximate surface area is 136 Å². The molecule has 0 aromatic carbocycles. The van der Waals surface area contributed by atoms with Gasteiger partial charge in [0, 0.05) is 24.1 Å². The van der Waals surface area contributed by atoms with Crippen LogP contribution < -0.4 is 5.32 Å². The van der Waals surface area contributed by atoms with E-state index in [0.29, 0.717) is 4.88 Å². The number of amides is 2. The molecule has 114 valence electrons. The molecule has 1 N–H and O–H groups in total. The predicted molar refractivity (Wildman–Crippen MR) is 87.9 cm³/mol. The van der Waals surface area contributed by atoms with Crippen molar-refractivity contribution in [2.45, 2.75) is 30.0 Å². The third kappa shape index (κ3) is 3.22. The molecule has 0 spiro atoms. The van der Waals surface area contributed by atoms with Gasteiger partial charge in [-0.05, 0) is 13.3 Å².